The van der Waals surface area contributed by atoms with Crippen LogP contribution in [-0.2, 0) is 25.7 Å². The molecule has 1 aromatic rings. The van der Waals surface area contributed by atoms with Gasteiger partial charge in [0, 0.05) is 39.1 Å². The van der Waals surface area contributed by atoms with Gasteiger partial charge in [-0.25, -0.2) is 8.42 Å². The van der Waals surface area contributed by atoms with Crippen LogP contribution < -0.4 is 9.62 Å². The first-order valence-electron chi connectivity index (χ1n) is 9.29. The lowest BCUT2D eigenvalue weighted by atomic mass is 10.2. The number of nitrogens with one attached hydrogen (secondary N) is 1. The topological polar surface area (TPSA) is 79.0 Å². The Hall–Kier alpha value is -1.85. The summed E-state index contributed by atoms with van der Waals surface area (Å²) < 4.78 is 68.9. The Balaban J connectivity index is 1.86. The summed E-state index contributed by atoms with van der Waals surface area (Å²) in [4.78, 5) is 14.1. The third-order valence-electron chi connectivity index (χ3n) is 4.48. The number of hydrogen-bond acceptors (Lipinski definition) is 5. The van der Waals surface area contributed by atoms with E-state index in [1.807, 2.05) is 0 Å². The molecule has 0 spiro atoms. The van der Waals surface area contributed by atoms with E-state index in [0.717, 1.165) is 41.8 Å². The van der Waals surface area contributed by atoms with Gasteiger partial charge in [-0.15, -0.1) is 0 Å². The zero-order valence-corrected chi connectivity index (χ0v) is 17.1. The lowest BCUT2D eigenvalue weighted by Gasteiger charge is -2.26. The van der Waals surface area contributed by atoms with Crippen LogP contribution in [0.15, 0.2) is 24.3 Å². The molecule has 1 aromatic carbocycles. The van der Waals surface area contributed by atoms with Gasteiger partial charge < -0.3 is 10.1 Å². The summed E-state index contributed by atoms with van der Waals surface area (Å²) in [5.41, 5.74) is -1.00. The molecule has 1 fully saturated rings. The molecular weight excluding hydrogens is 411 g/mol. The van der Waals surface area contributed by atoms with Gasteiger partial charge in [0.2, 0.25) is 15.9 Å². The average Bonchev–Trinajstić information content (AvgIpc) is 2.64. The van der Waals surface area contributed by atoms with Gasteiger partial charge in [-0.2, -0.15) is 13.2 Å². The van der Waals surface area contributed by atoms with E-state index in [1.54, 1.807) is 0 Å². The summed E-state index contributed by atoms with van der Waals surface area (Å²) in [6.07, 6.45) is -3.38. The second-order valence-electron chi connectivity index (χ2n) is 6.79. The van der Waals surface area contributed by atoms with Crippen molar-refractivity contribution < 1.29 is 31.1 Å². The van der Waals surface area contributed by atoms with Crippen LogP contribution in [0.2, 0.25) is 0 Å². The highest BCUT2D eigenvalue weighted by atomic mass is 32.2. The first-order valence-corrected chi connectivity index (χ1v) is 11.1. The van der Waals surface area contributed by atoms with Gasteiger partial charge in [0.1, 0.15) is 0 Å². The van der Waals surface area contributed by atoms with Crippen molar-refractivity contribution in [3.05, 3.63) is 29.8 Å². The molecule has 7 nitrogen and oxygen atoms in total. The normalized spacial score (nSPS) is 15.9. The minimum Gasteiger partial charge on any atom is -0.379 e. The number of rotatable bonds is 9. The average molecular weight is 437 g/mol. The maximum Gasteiger partial charge on any atom is 0.416 e. The zero-order chi connectivity index (χ0) is 21.5. The number of benzene rings is 1. The first kappa shape index (κ1) is 23.4. The second-order valence-corrected chi connectivity index (χ2v) is 8.70. The van der Waals surface area contributed by atoms with Crippen LogP contribution >= 0.6 is 0 Å². The molecule has 0 unspecified atom stereocenters. The highest BCUT2D eigenvalue weighted by molar-refractivity contribution is 7.92. The number of sulfonamides is 1. The molecule has 0 radical (unpaired) electrons. The van der Waals surface area contributed by atoms with Crippen molar-refractivity contribution in [1.82, 2.24) is 10.2 Å². The molecule has 1 saturated heterocycles. The molecule has 0 aromatic heterocycles. The molecule has 164 valence electrons. The fraction of sp³-hybridized carbons (Fsp3) is 0.611. The lowest BCUT2D eigenvalue weighted by molar-refractivity contribution is -0.137. The van der Waals surface area contributed by atoms with Crippen molar-refractivity contribution >= 4 is 21.6 Å². The molecule has 1 heterocycles. The molecule has 1 aliphatic rings. The standard InChI is InChI=1S/C18H26F3N3O4S/c1-29(26,27)24(16-5-2-4-15(14-16)18(19,20)21)8-3-6-17(25)22-7-9-23-10-12-28-13-11-23/h2,4-5,14H,3,6-13H2,1H3,(H,22,25). The number of ether oxygens (including phenoxy) is 1. The minimum atomic E-state index is -4.57. The Kier molecular flexibility index (Phi) is 8.29. The summed E-state index contributed by atoms with van der Waals surface area (Å²) in [6, 6.07) is 4.14. The van der Waals surface area contributed by atoms with Crippen molar-refractivity contribution in [3.63, 3.8) is 0 Å². The number of halogens is 3. The van der Waals surface area contributed by atoms with Crippen molar-refractivity contribution in [2.45, 2.75) is 19.0 Å². The molecular formula is C18H26F3N3O4S. The fourth-order valence-electron chi connectivity index (χ4n) is 2.97. The quantitative estimate of drug-likeness (QED) is 0.636. The van der Waals surface area contributed by atoms with Crippen LogP contribution in [0.1, 0.15) is 18.4 Å². The van der Waals surface area contributed by atoms with Gasteiger partial charge in [-0.05, 0) is 24.6 Å². The minimum absolute atomic E-state index is 0.0740. The summed E-state index contributed by atoms with van der Waals surface area (Å²) in [5.74, 6) is -0.226. The SMILES string of the molecule is CS(=O)(=O)N(CCCC(=O)NCCN1CCOCC1)c1cccc(C(F)(F)F)c1. The Labute approximate surface area is 168 Å². The number of amides is 1. The van der Waals surface area contributed by atoms with Gasteiger partial charge in [0.25, 0.3) is 0 Å². The maximum atomic E-state index is 12.9. The summed E-state index contributed by atoms with van der Waals surface area (Å²) in [6.45, 7) is 4.07. The molecule has 29 heavy (non-hydrogen) atoms. The lowest BCUT2D eigenvalue weighted by Crippen LogP contribution is -2.41. The number of carbonyl (C=O) groups excluding carboxylic acids is 1. The smallest absolute Gasteiger partial charge is 0.379 e. The molecule has 11 heteroatoms. The number of hydrogen-bond donors (Lipinski definition) is 1. The maximum absolute atomic E-state index is 12.9. The zero-order valence-electron chi connectivity index (χ0n) is 16.2. The number of anilines is 1. The summed E-state index contributed by atoms with van der Waals surface area (Å²) >= 11 is 0. The molecule has 1 amide bonds. The highest BCUT2D eigenvalue weighted by Crippen LogP contribution is 2.32. The van der Waals surface area contributed by atoms with Crippen LogP contribution in [0.4, 0.5) is 18.9 Å². The number of carbonyl (C=O) groups is 1. The predicted octanol–water partition coefficient (Wildman–Crippen LogP) is 1.70. The van der Waals surface area contributed by atoms with Crippen molar-refractivity contribution in [1.29, 1.82) is 0 Å². The number of nitrogens with zero attached hydrogens (tertiary/aromatic N) is 2. The third-order valence-corrected chi connectivity index (χ3v) is 5.67. The van der Waals surface area contributed by atoms with E-state index in [2.05, 4.69) is 10.2 Å². The second kappa shape index (κ2) is 10.3. The van der Waals surface area contributed by atoms with Gasteiger partial charge >= 0.3 is 6.18 Å². The van der Waals surface area contributed by atoms with E-state index in [-0.39, 0.29) is 31.0 Å². The van der Waals surface area contributed by atoms with Crippen LogP contribution in [0.5, 0.6) is 0 Å². The van der Waals surface area contributed by atoms with E-state index in [9.17, 15) is 26.4 Å². The number of morpholine rings is 1. The Morgan fingerprint density at radius 1 is 1.28 bits per heavy atom. The van der Waals surface area contributed by atoms with Crippen LogP contribution in [0, 0.1) is 0 Å². The number of alkyl halides is 3. The summed E-state index contributed by atoms with van der Waals surface area (Å²) in [7, 11) is -3.79. The van der Waals surface area contributed by atoms with Gasteiger partial charge in [0.15, 0.2) is 0 Å². The van der Waals surface area contributed by atoms with Crippen LogP contribution in [0.25, 0.3) is 0 Å². The van der Waals surface area contributed by atoms with Crippen LogP contribution in [0.3, 0.4) is 0 Å². The Bertz CT molecular complexity index is 781. The molecule has 0 atom stereocenters. The first-order chi connectivity index (χ1) is 13.6. The van der Waals surface area contributed by atoms with E-state index in [4.69, 9.17) is 4.74 Å². The Morgan fingerprint density at radius 3 is 2.59 bits per heavy atom. The molecule has 2 rings (SSSR count). The van der Waals surface area contributed by atoms with Crippen molar-refractivity contribution in [2.24, 2.45) is 0 Å². The molecule has 0 aliphatic carbocycles. The monoisotopic (exact) mass is 437 g/mol. The molecule has 1 aliphatic heterocycles. The fourth-order valence-corrected chi connectivity index (χ4v) is 3.93. The largest absolute Gasteiger partial charge is 0.416 e. The van der Waals surface area contributed by atoms with Crippen molar-refractivity contribution in [2.75, 3.05) is 56.5 Å². The van der Waals surface area contributed by atoms with E-state index >= 15 is 0 Å². The van der Waals surface area contributed by atoms with Gasteiger partial charge in [0.05, 0.1) is 30.7 Å². The highest BCUT2D eigenvalue weighted by Gasteiger charge is 2.31. The van der Waals surface area contributed by atoms with Crippen LogP contribution in [-0.4, -0.2) is 71.4 Å². The summed E-state index contributed by atoms with van der Waals surface area (Å²) in [5, 5.41) is 2.77. The predicted molar refractivity (Wildman–Crippen MR) is 103 cm³/mol. The van der Waals surface area contributed by atoms with Gasteiger partial charge in [-0.3, -0.25) is 14.0 Å². The molecule has 0 saturated carbocycles. The van der Waals surface area contributed by atoms with E-state index in [0.29, 0.717) is 26.3 Å². The Morgan fingerprint density at radius 2 is 1.97 bits per heavy atom. The molecule has 0 bridgehead atoms. The van der Waals surface area contributed by atoms with Crippen molar-refractivity contribution in [3.8, 4) is 0 Å². The van der Waals surface area contributed by atoms with Gasteiger partial charge in [-0.1, -0.05) is 6.07 Å². The molecule has 1 N–H and O–H groups in total. The van der Waals surface area contributed by atoms with E-state index < -0.39 is 21.8 Å². The third kappa shape index (κ3) is 7.82. The van der Waals surface area contributed by atoms with E-state index in [1.165, 1.54) is 6.07 Å².